The summed E-state index contributed by atoms with van der Waals surface area (Å²) in [4.78, 5) is 12.9. The molecule has 0 aromatic heterocycles. The monoisotopic (exact) mass is 474 g/mol. The van der Waals surface area contributed by atoms with Crippen LogP contribution in [0.25, 0.3) is 0 Å². The maximum absolute atomic E-state index is 12.9. The fourth-order valence-corrected chi connectivity index (χ4v) is 10.9. The van der Waals surface area contributed by atoms with Crippen molar-refractivity contribution >= 4 is 5.78 Å². The van der Waals surface area contributed by atoms with Crippen LogP contribution in [0.3, 0.4) is 0 Å². The Hall–Kier alpha value is -0.450. The van der Waals surface area contributed by atoms with Gasteiger partial charge >= 0.3 is 0 Å². The van der Waals surface area contributed by atoms with Crippen LogP contribution in [0.2, 0.25) is 0 Å². The molecule has 5 rings (SSSR count). The van der Waals surface area contributed by atoms with Crippen molar-refractivity contribution in [2.24, 2.45) is 45.3 Å². The molecule has 0 amide bonds. The molecule has 0 aromatic rings. The first-order valence-electron chi connectivity index (χ1n) is 14.2. The van der Waals surface area contributed by atoms with Crippen LogP contribution in [-0.4, -0.2) is 39.9 Å². The number of aliphatic hydroxyl groups excluding tert-OH is 1. The van der Waals surface area contributed by atoms with Gasteiger partial charge in [-0.05, 0) is 112 Å². The number of hydrogen-bond acceptors (Lipinski definition) is 4. The van der Waals surface area contributed by atoms with Crippen LogP contribution in [0, 0.1) is 45.3 Å². The van der Waals surface area contributed by atoms with Gasteiger partial charge in [-0.3, -0.25) is 4.79 Å². The summed E-state index contributed by atoms with van der Waals surface area (Å²) in [5, 5.41) is 20.4. The zero-order valence-corrected chi connectivity index (χ0v) is 22.9. The second kappa shape index (κ2) is 7.54. The molecule has 34 heavy (non-hydrogen) atoms. The van der Waals surface area contributed by atoms with Gasteiger partial charge in [0.15, 0.2) is 0 Å². The average molecular weight is 475 g/mol. The van der Waals surface area contributed by atoms with Crippen LogP contribution in [-0.2, 0) is 9.53 Å². The summed E-state index contributed by atoms with van der Waals surface area (Å²) in [6, 6.07) is 0. The van der Waals surface area contributed by atoms with Crippen molar-refractivity contribution < 1.29 is 19.7 Å². The molecule has 0 unspecified atom stereocenters. The molecule has 5 fully saturated rings. The number of hydrogen-bond donors (Lipinski definition) is 2. The van der Waals surface area contributed by atoms with Crippen LogP contribution in [0.4, 0.5) is 0 Å². The maximum atomic E-state index is 12.9. The van der Waals surface area contributed by atoms with Crippen molar-refractivity contribution in [2.45, 2.75) is 130 Å². The van der Waals surface area contributed by atoms with Crippen molar-refractivity contribution in [1.29, 1.82) is 0 Å². The fraction of sp³-hybridized carbons (Fsp3) is 0.967. The minimum absolute atomic E-state index is 0.186. The summed E-state index contributed by atoms with van der Waals surface area (Å²) in [7, 11) is 0. The SMILES string of the molecule is CC1(C)C(=O)CC[C@@]2(C)[C@H]1CC[C@]1(C)[C@H]2CC[C@@H]2[C@@H]([C@@]3(C)CC[C@H]([C@@](C)(O)CO)O3)CC[C@]21C. The molecule has 1 aliphatic heterocycles. The Balaban J connectivity index is 1.43. The molecule has 0 spiro atoms. The first-order chi connectivity index (χ1) is 15.7. The van der Waals surface area contributed by atoms with Crippen LogP contribution in [0.15, 0.2) is 0 Å². The molecule has 4 nitrogen and oxygen atoms in total. The summed E-state index contributed by atoms with van der Waals surface area (Å²) in [6.07, 6.45) is 10.8. The van der Waals surface area contributed by atoms with Crippen molar-refractivity contribution in [3.05, 3.63) is 0 Å². The van der Waals surface area contributed by atoms with E-state index in [2.05, 4.69) is 41.5 Å². The van der Waals surface area contributed by atoms with Gasteiger partial charge in [0.25, 0.3) is 0 Å². The lowest BCUT2D eigenvalue weighted by Crippen LogP contribution is -2.63. The highest BCUT2D eigenvalue weighted by molar-refractivity contribution is 5.85. The Morgan fingerprint density at radius 2 is 1.53 bits per heavy atom. The van der Waals surface area contributed by atoms with E-state index < -0.39 is 5.60 Å². The van der Waals surface area contributed by atoms with E-state index in [0.29, 0.717) is 40.3 Å². The highest BCUT2D eigenvalue weighted by Gasteiger charge is 2.70. The maximum Gasteiger partial charge on any atom is 0.138 e. The van der Waals surface area contributed by atoms with Gasteiger partial charge in [-0.25, -0.2) is 0 Å². The number of carbonyl (C=O) groups is 1. The van der Waals surface area contributed by atoms with Crippen molar-refractivity contribution in [3.8, 4) is 0 Å². The van der Waals surface area contributed by atoms with E-state index in [4.69, 9.17) is 4.74 Å². The number of fused-ring (bicyclic) bond motifs is 5. The highest BCUT2D eigenvalue weighted by atomic mass is 16.5. The summed E-state index contributed by atoms with van der Waals surface area (Å²) >= 11 is 0. The molecule has 0 aromatic carbocycles. The van der Waals surface area contributed by atoms with E-state index in [1.54, 1.807) is 6.92 Å². The molecule has 2 N–H and O–H groups in total. The lowest BCUT2D eigenvalue weighted by Gasteiger charge is -2.69. The number of ketones is 1. The molecule has 0 bridgehead atoms. The predicted octanol–water partition coefficient (Wildman–Crippen LogP) is 5.92. The van der Waals surface area contributed by atoms with Gasteiger partial charge in [0, 0.05) is 11.8 Å². The van der Waals surface area contributed by atoms with E-state index in [1.165, 1.54) is 38.5 Å². The Kier molecular flexibility index (Phi) is 5.59. The van der Waals surface area contributed by atoms with E-state index >= 15 is 0 Å². The van der Waals surface area contributed by atoms with Gasteiger partial charge in [0.05, 0.1) is 18.3 Å². The van der Waals surface area contributed by atoms with Gasteiger partial charge in [-0.1, -0.05) is 34.6 Å². The quantitative estimate of drug-likeness (QED) is 0.533. The topological polar surface area (TPSA) is 66.8 Å². The third-order valence-electron chi connectivity index (χ3n) is 13.3. The molecule has 10 atom stereocenters. The van der Waals surface area contributed by atoms with Gasteiger partial charge in [-0.15, -0.1) is 0 Å². The number of rotatable bonds is 3. The molecule has 5 aliphatic rings. The Morgan fingerprint density at radius 1 is 0.853 bits per heavy atom. The molecule has 1 heterocycles. The molecular weight excluding hydrogens is 424 g/mol. The van der Waals surface area contributed by atoms with Gasteiger partial charge in [0.1, 0.15) is 11.4 Å². The minimum atomic E-state index is -1.17. The lowest BCUT2D eigenvalue weighted by atomic mass is 9.35. The van der Waals surface area contributed by atoms with Crippen molar-refractivity contribution in [2.75, 3.05) is 6.61 Å². The van der Waals surface area contributed by atoms with Gasteiger partial charge < -0.3 is 14.9 Å². The van der Waals surface area contributed by atoms with E-state index in [-0.39, 0.29) is 29.1 Å². The number of ether oxygens (including phenoxy) is 1. The molecular formula is C30H50O4. The summed E-state index contributed by atoms with van der Waals surface area (Å²) in [6.45, 7) is 16.0. The number of carbonyl (C=O) groups excluding carboxylic acids is 1. The summed E-state index contributed by atoms with van der Waals surface area (Å²) in [5.74, 6) is 2.85. The molecule has 1 saturated heterocycles. The predicted molar refractivity (Wildman–Crippen MR) is 134 cm³/mol. The molecule has 4 saturated carbocycles. The second-order valence-electron chi connectivity index (χ2n) is 14.9. The zero-order chi connectivity index (χ0) is 24.9. The van der Waals surface area contributed by atoms with Crippen LogP contribution in [0.5, 0.6) is 0 Å². The van der Waals surface area contributed by atoms with Gasteiger partial charge in [0.2, 0.25) is 0 Å². The smallest absolute Gasteiger partial charge is 0.138 e. The summed E-state index contributed by atoms with van der Waals surface area (Å²) < 4.78 is 6.65. The largest absolute Gasteiger partial charge is 0.393 e. The fourth-order valence-electron chi connectivity index (χ4n) is 10.9. The van der Waals surface area contributed by atoms with E-state index in [1.807, 2.05) is 0 Å². The Morgan fingerprint density at radius 3 is 2.21 bits per heavy atom. The average Bonchev–Trinajstić information content (AvgIpc) is 3.34. The van der Waals surface area contributed by atoms with Crippen molar-refractivity contribution in [3.63, 3.8) is 0 Å². The number of aliphatic hydroxyl groups is 2. The van der Waals surface area contributed by atoms with Gasteiger partial charge in [-0.2, -0.15) is 0 Å². The lowest BCUT2D eigenvalue weighted by molar-refractivity contribution is -0.211. The normalized spacial score (nSPS) is 54.1. The number of Topliss-reactive ketones (excluding diaryl/α,β-unsaturated/α-hetero) is 1. The zero-order valence-electron chi connectivity index (χ0n) is 22.9. The third kappa shape index (κ3) is 3.09. The highest BCUT2D eigenvalue weighted by Crippen LogP contribution is 2.75. The first kappa shape index (κ1) is 25.2. The standard InChI is InChI=1S/C30H50O4/c1-25(2)21-11-16-28(5)22(26(21,3)14-12-23(25)32)9-8-19-20(10-15-27(19,28)4)30(7)17-13-24(34-30)29(6,33)18-31/h19-22,24,31,33H,8-18H2,1-7H3/t19-,20+,21+,22+,24-,26+,27-,28-,29+,30-/m1/s1. The first-order valence-corrected chi connectivity index (χ1v) is 14.2. The Bertz CT molecular complexity index is 849. The molecule has 4 aliphatic carbocycles. The minimum Gasteiger partial charge on any atom is -0.393 e. The van der Waals surface area contributed by atoms with Crippen LogP contribution >= 0.6 is 0 Å². The molecule has 4 heteroatoms. The van der Waals surface area contributed by atoms with Crippen LogP contribution in [0.1, 0.15) is 113 Å². The Labute approximate surface area is 207 Å². The molecule has 0 radical (unpaired) electrons. The second-order valence-corrected chi connectivity index (χ2v) is 14.9. The van der Waals surface area contributed by atoms with E-state index in [0.717, 1.165) is 25.7 Å². The molecule has 194 valence electrons. The summed E-state index contributed by atoms with van der Waals surface area (Å²) in [5.41, 5.74) is -0.706. The third-order valence-corrected chi connectivity index (χ3v) is 13.3. The van der Waals surface area contributed by atoms with Crippen LogP contribution < -0.4 is 0 Å². The van der Waals surface area contributed by atoms with Crippen molar-refractivity contribution in [1.82, 2.24) is 0 Å². The van der Waals surface area contributed by atoms with E-state index in [9.17, 15) is 15.0 Å².